The van der Waals surface area contributed by atoms with Gasteiger partial charge in [-0.2, -0.15) is 0 Å². The van der Waals surface area contributed by atoms with Crippen molar-refractivity contribution in [3.63, 3.8) is 0 Å². The van der Waals surface area contributed by atoms with Crippen molar-refractivity contribution in [2.45, 2.75) is 19.0 Å². The van der Waals surface area contributed by atoms with Gasteiger partial charge in [0.2, 0.25) is 5.95 Å². The minimum Gasteiger partial charge on any atom is -0.361 e. The fraction of sp³-hybridized carbons (Fsp3) is 0.312. The Morgan fingerprint density at radius 3 is 2.61 bits per heavy atom. The molecule has 0 saturated carbocycles. The van der Waals surface area contributed by atoms with Crippen molar-refractivity contribution in [2.75, 3.05) is 23.3 Å². The van der Waals surface area contributed by atoms with Gasteiger partial charge in [0.1, 0.15) is 12.0 Å². The molecule has 2 aliphatic heterocycles. The lowest BCUT2D eigenvalue weighted by molar-refractivity contribution is 0.0931. The molecule has 1 atom stereocenters. The summed E-state index contributed by atoms with van der Waals surface area (Å²) in [6.45, 7) is 1.95. The first kappa shape index (κ1) is 13.9. The molecule has 23 heavy (non-hydrogen) atoms. The van der Waals surface area contributed by atoms with Crippen LogP contribution in [0.5, 0.6) is 0 Å². The first-order valence-corrected chi connectivity index (χ1v) is 7.65. The van der Waals surface area contributed by atoms with Crippen LogP contribution in [0, 0.1) is 5.82 Å². The van der Waals surface area contributed by atoms with E-state index >= 15 is 0 Å². The Hall–Kier alpha value is -2.70. The highest BCUT2D eigenvalue weighted by atomic mass is 19.1. The van der Waals surface area contributed by atoms with Crippen LogP contribution in [0.2, 0.25) is 0 Å². The molecule has 2 aromatic rings. The number of benzene rings is 1. The van der Waals surface area contributed by atoms with Crippen LogP contribution >= 0.6 is 0 Å². The molecule has 0 bridgehead atoms. The summed E-state index contributed by atoms with van der Waals surface area (Å²) in [5.41, 5.74) is 1.25. The Labute approximate surface area is 132 Å². The van der Waals surface area contributed by atoms with E-state index in [9.17, 15) is 9.18 Å². The Bertz CT molecular complexity index is 743. The number of aromatic nitrogens is 2. The third kappa shape index (κ3) is 2.48. The number of halogens is 1. The lowest BCUT2D eigenvalue weighted by Crippen LogP contribution is -2.39. The molecule has 7 heteroatoms. The van der Waals surface area contributed by atoms with Gasteiger partial charge < -0.3 is 15.5 Å². The third-order valence-corrected chi connectivity index (χ3v) is 4.20. The molecular weight excluding hydrogens is 297 g/mol. The minimum atomic E-state index is -0.536. The zero-order valence-electron chi connectivity index (χ0n) is 12.4. The maximum absolute atomic E-state index is 13.7. The molecule has 0 spiro atoms. The number of carbonyl (C=O) groups excluding carboxylic acids is 1. The van der Waals surface area contributed by atoms with Gasteiger partial charge in [0.15, 0.2) is 0 Å². The molecule has 0 radical (unpaired) electrons. The predicted octanol–water partition coefficient (Wildman–Crippen LogP) is 2.07. The zero-order valence-corrected chi connectivity index (χ0v) is 12.4. The van der Waals surface area contributed by atoms with Gasteiger partial charge in [-0.05, 0) is 25.0 Å². The summed E-state index contributed by atoms with van der Waals surface area (Å²) in [6.07, 6.45) is 5.25. The van der Waals surface area contributed by atoms with Crippen molar-refractivity contribution in [1.82, 2.24) is 15.3 Å². The molecule has 4 rings (SSSR count). The van der Waals surface area contributed by atoms with Crippen molar-refractivity contribution in [3.05, 3.63) is 47.5 Å². The summed E-state index contributed by atoms with van der Waals surface area (Å²) in [4.78, 5) is 23.0. The molecule has 1 aromatic heterocycles. The second kappa shape index (κ2) is 5.49. The van der Waals surface area contributed by atoms with Gasteiger partial charge in [-0.25, -0.2) is 14.4 Å². The third-order valence-electron chi connectivity index (χ3n) is 4.20. The van der Waals surface area contributed by atoms with Crippen molar-refractivity contribution < 1.29 is 9.18 Å². The molecule has 2 aliphatic rings. The number of fused-ring (bicyclic) bond motifs is 1. The Balaban J connectivity index is 1.58. The first-order chi connectivity index (χ1) is 11.2. The number of rotatable bonds is 2. The fourth-order valence-corrected chi connectivity index (χ4v) is 3.00. The summed E-state index contributed by atoms with van der Waals surface area (Å²) in [7, 11) is 0. The molecule has 1 unspecified atom stereocenters. The number of anilines is 2. The van der Waals surface area contributed by atoms with Crippen molar-refractivity contribution in [2.24, 2.45) is 0 Å². The normalized spacial score (nSPS) is 20.0. The molecule has 2 N–H and O–H groups in total. The van der Waals surface area contributed by atoms with Crippen LogP contribution < -0.4 is 15.5 Å². The maximum Gasteiger partial charge on any atom is 0.258 e. The van der Waals surface area contributed by atoms with Crippen LogP contribution in [-0.4, -0.2) is 29.0 Å². The maximum atomic E-state index is 13.7. The van der Waals surface area contributed by atoms with Crippen LogP contribution in [0.1, 0.15) is 34.9 Å². The van der Waals surface area contributed by atoms with Crippen molar-refractivity contribution >= 4 is 17.5 Å². The fourth-order valence-electron chi connectivity index (χ4n) is 3.00. The molecule has 6 nitrogen and oxygen atoms in total. The molecule has 1 amide bonds. The Kier molecular flexibility index (Phi) is 3.33. The number of carbonyl (C=O) groups is 1. The number of nitrogens with zero attached hydrogens (tertiary/aromatic N) is 3. The summed E-state index contributed by atoms with van der Waals surface area (Å²) in [5, 5.41) is 5.84. The standard InChI is InChI=1S/C16H16FN5O/c17-11-4-3-5-12-13(11)15(23)21-14(20-12)10-8-18-16(19-9-10)22-6-1-2-7-22/h3-5,8-9,14,20H,1-2,6-7H2,(H,21,23). The van der Waals surface area contributed by atoms with Crippen molar-refractivity contribution in [3.8, 4) is 0 Å². The summed E-state index contributed by atoms with van der Waals surface area (Å²) in [6, 6.07) is 4.53. The van der Waals surface area contributed by atoms with Gasteiger partial charge in [-0.1, -0.05) is 6.07 Å². The topological polar surface area (TPSA) is 70.2 Å². The molecular formula is C16H16FN5O. The van der Waals surface area contributed by atoms with E-state index in [1.165, 1.54) is 6.07 Å². The molecule has 1 aromatic carbocycles. The lowest BCUT2D eigenvalue weighted by atomic mass is 10.1. The number of amides is 1. The van der Waals surface area contributed by atoms with Crippen LogP contribution in [0.3, 0.4) is 0 Å². The van der Waals surface area contributed by atoms with Crippen LogP contribution in [-0.2, 0) is 0 Å². The summed E-state index contributed by atoms with van der Waals surface area (Å²) >= 11 is 0. The zero-order chi connectivity index (χ0) is 15.8. The lowest BCUT2D eigenvalue weighted by Gasteiger charge is -2.28. The minimum absolute atomic E-state index is 0.0401. The smallest absolute Gasteiger partial charge is 0.258 e. The highest BCUT2D eigenvalue weighted by Crippen LogP contribution is 2.28. The molecule has 1 fully saturated rings. The van der Waals surface area contributed by atoms with Gasteiger partial charge in [-0.15, -0.1) is 0 Å². The number of hydrogen-bond donors (Lipinski definition) is 2. The van der Waals surface area contributed by atoms with Gasteiger partial charge in [0, 0.05) is 31.0 Å². The van der Waals surface area contributed by atoms with E-state index in [0.717, 1.165) is 31.5 Å². The van der Waals surface area contributed by atoms with E-state index in [1.807, 2.05) is 0 Å². The van der Waals surface area contributed by atoms with Crippen LogP contribution in [0.15, 0.2) is 30.6 Å². The quantitative estimate of drug-likeness (QED) is 0.888. The second-order valence-corrected chi connectivity index (χ2v) is 5.72. The number of nitrogens with one attached hydrogen (secondary N) is 2. The Morgan fingerprint density at radius 2 is 1.87 bits per heavy atom. The van der Waals surface area contributed by atoms with Crippen LogP contribution in [0.25, 0.3) is 0 Å². The van der Waals surface area contributed by atoms with E-state index in [0.29, 0.717) is 11.6 Å². The Morgan fingerprint density at radius 1 is 1.13 bits per heavy atom. The number of hydrogen-bond acceptors (Lipinski definition) is 5. The van der Waals surface area contributed by atoms with E-state index in [1.54, 1.807) is 24.5 Å². The van der Waals surface area contributed by atoms with E-state index in [4.69, 9.17) is 0 Å². The average molecular weight is 313 g/mol. The van der Waals surface area contributed by atoms with Gasteiger partial charge in [-0.3, -0.25) is 4.79 Å². The average Bonchev–Trinajstić information content (AvgIpc) is 3.09. The van der Waals surface area contributed by atoms with E-state index < -0.39 is 17.9 Å². The highest BCUT2D eigenvalue weighted by Gasteiger charge is 2.27. The summed E-state index contributed by atoms with van der Waals surface area (Å²) in [5.74, 6) is -0.267. The second-order valence-electron chi connectivity index (χ2n) is 5.72. The van der Waals surface area contributed by atoms with Gasteiger partial charge >= 0.3 is 0 Å². The monoisotopic (exact) mass is 313 g/mol. The molecule has 0 aliphatic carbocycles. The van der Waals surface area contributed by atoms with Crippen LogP contribution in [0.4, 0.5) is 16.0 Å². The first-order valence-electron chi connectivity index (χ1n) is 7.65. The van der Waals surface area contributed by atoms with Crippen molar-refractivity contribution in [1.29, 1.82) is 0 Å². The largest absolute Gasteiger partial charge is 0.361 e. The SMILES string of the molecule is O=C1NC(c2cnc(N3CCCC3)nc2)Nc2cccc(F)c21. The predicted molar refractivity (Wildman–Crippen MR) is 83.7 cm³/mol. The van der Waals surface area contributed by atoms with Gasteiger partial charge in [0.25, 0.3) is 5.91 Å². The molecule has 118 valence electrons. The summed E-state index contributed by atoms with van der Waals surface area (Å²) < 4.78 is 13.7. The highest BCUT2D eigenvalue weighted by molar-refractivity contribution is 6.01. The van der Waals surface area contributed by atoms with E-state index in [2.05, 4.69) is 25.5 Å². The van der Waals surface area contributed by atoms with Gasteiger partial charge in [0.05, 0.1) is 11.3 Å². The molecule has 1 saturated heterocycles. The molecule has 3 heterocycles. The van der Waals surface area contributed by atoms with E-state index in [-0.39, 0.29) is 5.56 Å².